The third-order valence-corrected chi connectivity index (χ3v) is 5.32. The molecule has 2 atom stereocenters. The van der Waals surface area contributed by atoms with Crippen LogP contribution in [0.1, 0.15) is 17.9 Å². The van der Waals surface area contributed by atoms with Gasteiger partial charge in [-0.1, -0.05) is 36.4 Å². The number of ether oxygens (including phenoxy) is 1. The van der Waals surface area contributed by atoms with Gasteiger partial charge in [0, 0.05) is 45.8 Å². The summed E-state index contributed by atoms with van der Waals surface area (Å²) in [6.45, 7) is 8.64. The van der Waals surface area contributed by atoms with Crippen LogP contribution < -0.4 is 0 Å². The Balaban J connectivity index is 1.88. The zero-order valence-electron chi connectivity index (χ0n) is 13.9. The number of benzene rings is 1. The van der Waals surface area contributed by atoms with Crippen molar-refractivity contribution in [2.75, 3.05) is 46.4 Å². The quantitative estimate of drug-likeness (QED) is 0.754. The first-order chi connectivity index (χ1) is 11.2. The lowest BCUT2D eigenvalue weighted by Crippen LogP contribution is -2.40. The molecule has 1 amide bonds. The van der Waals surface area contributed by atoms with E-state index in [2.05, 4.69) is 35.7 Å². The van der Waals surface area contributed by atoms with Crippen LogP contribution in [0.5, 0.6) is 0 Å². The van der Waals surface area contributed by atoms with Crippen LogP contribution in [0.15, 0.2) is 43.0 Å². The first kappa shape index (κ1) is 16.2. The van der Waals surface area contributed by atoms with E-state index in [-0.39, 0.29) is 11.3 Å². The lowest BCUT2D eigenvalue weighted by Gasteiger charge is -2.29. The first-order valence-electron chi connectivity index (χ1n) is 8.38. The molecule has 124 valence electrons. The van der Waals surface area contributed by atoms with Gasteiger partial charge in [0.1, 0.15) is 0 Å². The maximum Gasteiger partial charge on any atom is 0.231 e. The van der Waals surface area contributed by atoms with Crippen LogP contribution in [0.2, 0.25) is 0 Å². The van der Waals surface area contributed by atoms with Crippen molar-refractivity contribution in [3.8, 4) is 0 Å². The van der Waals surface area contributed by atoms with Crippen molar-refractivity contribution < 1.29 is 9.53 Å². The third-order valence-electron chi connectivity index (χ3n) is 5.32. The molecule has 0 N–H and O–H groups in total. The highest BCUT2D eigenvalue weighted by Gasteiger charge is 2.56. The Morgan fingerprint density at radius 3 is 2.87 bits per heavy atom. The zero-order chi connectivity index (χ0) is 16.3. The van der Waals surface area contributed by atoms with Crippen molar-refractivity contribution in [2.24, 2.45) is 5.41 Å². The van der Waals surface area contributed by atoms with Gasteiger partial charge < -0.3 is 9.64 Å². The molecule has 1 aromatic carbocycles. The number of carbonyl (C=O) groups excluding carboxylic acids is 1. The van der Waals surface area contributed by atoms with Gasteiger partial charge in [0.25, 0.3) is 0 Å². The van der Waals surface area contributed by atoms with E-state index in [4.69, 9.17) is 4.74 Å². The van der Waals surface area contributed by atoms with Crippen LogP contribution >= 0.6 is 0 Å². The molecule has 1 aromatic rings. The summed E-state index contributed by atoms with van der Waals surface area (Å²) in [4.78, 5) is 17.5. The molecule has 2 heterocycles. The molecule has 2 aliphatic heterocycles. The third kappa shape index (κ3) is 2.93. The molecular formula is C19H26N2O2. The van der Waals surface area contributed by atoms with E-state index in [0.717, 1.165) is 32.6 Å². The van der Waals surface area contributed by atoms with Crippen molar-refractivity contribution in [3.63, 3.8) is 0 Å². The molecule has 4 heteroatoms. The van der Waals surface area contributed by atoms with Gasteiger partial charge in [-0.2, -0.15) is 0 Å². The average Bonchev–Trinajstić information content (AvgIpc) is 3.10. The Hall–Kier alpha value is -1.65. The maximum atomic E-state index is 13.1. The van der Waals surface area contributed by atoms with Crippen LogP contribution in [-0.2, 0) is 9.53 Å². The molecule has 2 fully saturated rings. The van der Waals surface area contributed by atoms with Gasteiger partial charge in [-0.3, -0.25) is 9.69 Å². The number of carbonyl (C=O) groups is 1. The fraction of sp³-hybridized carbons (Fsp3) is 0.526. The summed E-state index contributed by atoms with van der Waals surface area (Å²) in [6, 6.07) is 10.5. The molecule has 2 saturated heterocycles. The number of rotatable bonds is 6. The minimum Gasteiger partial charge on any atom is -0.383 e. The highest BCUT2D eigenvalue weighted by molar-refractivity contribution is 5.87. The van der Waals surface area contributed by atoms with Crippen molar-refractivity contribution in [3.05, 3.63) is 48.6 Å². The Labute approximate surface area is 138 Å². The second-order valence-electron chi connectivity index (χ2n) is 6.64. The summed E-state index contributed by atoms with van der Waals surface area (Å²) in [5.41, 5.74) is 0.999. The molecule has 0 aromatic heterocycles. The van der Waals surface area contributed by atoms with E-state index in [0.29, 0.717) is 19.1 Å². The second-order valence-corrected chi connectivity index (χ2v) is 6.64. The Morgan fingerprint density at radius 1 is 1.39 bits per heavy atom. The summed E-state index contributed by atoms with van der Waals surface area (Å²) in [6.07, 6.45) is 2.76. The minimum atomic E-state index is -0.280. The molecular weight excluding hydrogens is 288 g/mol. The van der Waals surface area contributed by atoms with E-state index < -0.39 is 0 Å². The lowest BCUT2D eigenvalue weighted by atomic mass is 9.73. The van der Waals surface area contributed by atoms with Gasteiger partial charge in [0.2, 0.25) is 5.91 Å². The number of amides is 1. The molecule has 0 bridgehead atoms. The average molecular weight is 314 g/mol. The van der Waals surface area contributed by atoms with E-state index >= 15 is 0 Å². The number of hydrogen-bond donors (Lipinski definition) is 0. The molecule has 0 radical (unpaired) electrons. The second kappa shape index (κ2) is 6.85. The number of hydrogen-bond acceptors (Lipinski definition) is 3. The van der Waals surface area contributed by atoms with E-state index in [1.54, 1.807) is 7.11 Å². The molecule has 23 heavy (non-hydrogen) atoms. The number of likely N-dealkylation sites (tertiary alicyclic amines) is 2. The number of methoxy groups -OCH3 is 1. The Morgan fingerprint density at radius 2 is 2.17 bits per heavy atom. The Bertz CT molecular complexity index is 560. The summed E-state index contributed by atoms with van der Waals surface area (Å²) >= 11 is 0. The van der Waals surface area contributed by atoms with E-state index in [1.165, 1.54) is 5.56 Å². The molecule has 1 spiro atoms. The summed E-state index contributed by atoms with van der Waals surface area (Å²) < 4.78 is 5.23. The predicted molar refractivity (Wildman–Crippen MR) is 91.3 cm³/mol. The van der Waals surface area contributed by atoms with Gasteiger partial charge in [-0.25, -0.2) is 0 Å². The van der Waals surface area contributed by atoms with Crippen LogP contribution in [0.25, 0.3) is 0 Å². The Kier molecular flexibility index (Phi) is 4.83. The van der Waals surface area contributed by atoms with Crippen LogP contribution in [-0.4, -0.2) is 62.1 Å². The van der Waals surface area contributed by atoms with Crippen molar-refractivity contribution in [2.45, 2.75) is 12.3 Å². The lowest BCUT2D eigenvalue weighted by molar-refractivity contribution is -0.135. The monoisotopic (exact) mass is 314 g/mol. The molecule has 2 aliphatic rings. The standard InChI is InChI=1S/C19H26N2O2/c1-3-10-21-11-9-19(18(21)22)15-20(12-13-23-2)14-17(19)16-7-5-4-6-8-16/h3-8,17H,1,9-15H2,2H3/t17-,19+/m1/s1. The molecule has 4 nitrogen and oxygen atoms in total. The minimum absolute atomic E-state index is 0.267. The van der Waals surface area contributed by atoms with Crippen LogP contribution in [0, 0.1) is 5.41 Å². The zero-order valence-corrected chi connectivity index (χ0v) is 13.9. The fourth-order valence-corrected chi connectivity index (χ4v) is 4.17. The van der Waals surface area contributed by atoms with Gasteiger partial charge >= 0.3 is 0 Å². The molecule has 0 unspecified atom stereocenters. The predicted octanol–water partition coefficient (Wildman–Crippen LogP) is 2.14. The largest absolute Gasteiger partial charge is 0.383 e. The topological polar surface area (TPSA) is 32.8 Å². The van der Waals surface area contributed by atoms with Crippen molar-refractivity contribution in [1.29, 1.82) is 0 Å². The van der Waals surface area contributed by atoms with Gasteiger partial charge in [0.05, 0.1) is 12.0 Å². The summed E-state index contributed by atoms with van der Waals surface area (Å²) in [7, 11) is 1.73. The van der Waals surface area contributed by atoms with Gasteiger partial charge in [-0.15, -0.1) is 6.58 Å². The molecule has 0 saturated carbocycles. The number of nitrogens with zero attached hydrogens (tertiary/aromatic N) is 2. The van der Waals surface area contributed by atoms with Crippen LogP contribution in [0.3, 0.4) is 0 Å². The molecule has 0 aliphatic carbocycles. The highest BCUT2D eigenvalue weighted by Crippen LogP contribution is 2.49. The van der Waals surface area contributed by atoms with E-state index in [9.17, 15) is 4.79 Å². The van der Waals surface area contributed by atoms with Crippen molar-refractivity contribution >= 4 is 5.91 Å². The highest BCUT2D eigenvalue weighted by atomic mass is 16.5. The maximum absolute atomic E-state index is 13.1. The van der Waals surface area contributed by atoms with Crippen molar-refractivity contribution in [1.82, 2.24) is 9.80 Å². The van der Waals surface area contributed by atoms with Crippen LogP contribution in [0.4, 0.5) is 0 Å². The first-order valence-corrected chi connectivity index (χ1v) is 8.38. The SMILES string of the molecule is C=CCN1CC[C@@]2(CN(CCOC)C[C@@H]2c2ccccc2)C1=O. The molecule has 3 rings (SSSR count). The van der Waals surface area contributed by atoms with Gasteiger partial charge in [-0.05, 0) is 12.0 Å². The van der Waals surface area contributed by atoms with Gasteiger partial charge in [0.15, 0.2) is 0 Å². The fourth-order valence-electron chi connectivity index (χ4n) is 4.17. The summed E-state index contributed by atoms with van der Waals surface area (Å²) in [5.74, 6) is 0.564. The summed E-state index contributed by atoms with van der Waals surface area (Å²) in [5, 5.41) is 0. The van der Waals surface area contributed by atoms with E-state index in [1.807, 2.05) is 17.0 Å². The smallest absolute Gasteiger partial charge is 0.231 e. The normalized spacial score (nSPS) is 28.0.